The number of halogens is 3. The van der Waals surface area contributed by atoms with Crippen LogP contribution in [0.5, 0.6) is 5.75 Å². The van der Waals surface area contributed by atoms with E-state index in [0.717, 1.165) is 0 Å². The van der Waals surface area contributed by atoms with Crippen LogP contribution in [0.4, 0.5) is 4.39 Å². The molecule has 0 amide bonds. The van der Waals surface area contributed by atoms with Crippen LogP contribution < -0.4 is 9.88 Å². The Balaban J connectivity index is 2.17. The first-order chi connectivity index (χ1) is 9.77. The molecule has 0 heterocycles. The van der Waals surface area contributed by atoms with Gasteiger partial charge in [-0.05, 0) is 30.3 Å². The van der Waals surface area contributed by atoms with Gasteiger partial charge in [-0.15, -0.1) is 0 Å². The van der Waals surface area contributed by atoms with E-state index in [1.165, 1.54) is 36.4 Å². The van der Waals surface area contributed by atoms with Crippen LogP contribution in [0.15, 0.2) is 41.3 Å². The summed E-state index contributed by atoms with van der Waals surface area (Å²) in [4.78, 5) is -0.127. The Morgan fingerprint density at radius 1 is 1.14 bits per heavy atom. The van der Waals surface area contributed by atoms with Gasteiger partial charge in [0.1, 0.15) is 18.2 Å². The fraction of sp³-hybridized carbons (Fsp3) is 0.0769. The molecule has 2 rings (SSSR count). The maximum atomic E-state index is 13.6. The molecule has 2 aromatic rings. The van der Waals surface area contributed by atoms with E-state index in [1.54, 1.807) is 0 Å². The van der Waals surface area contributed by atoms with Gasteiger partial charge in [-0.1, -0.05) is 29.3 Å². The van der Waals surface area contributed by atoms with Gasteiger partial charge in [0.05, 0.1) is 9.92 Å². The maximum absolute atomic E-state index is 13.6. The third-order valence-electron chi connectivity index (χ3n) is 2.63. The highest BCUT2D eigenvalue weighted by molar-refractivity contribution is 7.89. The average molecular weight is 350 g/mol. The standard InChI is InChI=1S/C13H10Cl2FNO3S/c14-9-2-1-8(12(16)5-9)7-20-13-4-3-10(6-11(13)15)21(17,18)19/h1-6H,7H2,(H2,17,18,19). The van der Waals surface area contributed by atoms with Crippen molar-refractivity contribution < 1.29 is 17.5 Å². The van der Waals surface area contributed by atoms with Crippen molar-refractivity contribution in [1.82, 2.24) is 0 Å². The summed E-state index contributed by atoms with van der Waals surface area (Å²) in [5.41, 5.74) is 0.297. The summed E-state index contributed by atoms with van der Waals surface area (Å²) >= 11 is 11.6. The topological polar surface area (TPSA) is 69.4 Å². The molecule has 4 nitrogen and oxygen atoms in total. The predicted molar refractivity (Wildman–Crippen MR) is 78.6 cm³/mol. The minimum absolute atomic E-state index is 0.0656. The zero-order chi connectivity index (χ0) is 15.6. The lowest BCUT2D eigenvalue weighted by Gasteiger charge is -2.10. The van der Waals surface area contributed by atoms with Crippen LogP contribution in [-0.4, -0.2) is 8.42 Å². The first kappa shape index (κ1) is 16.0. The van der Waals surface area contributed by atoms with Crippen molar-refractivity contribution in [2.75, 3.05) is 0 Å². The lowest BCUT2D eigenvalue weighted by molar-refractivity contribution is 0.300. The summed E-state index contributed by atoms with van der Waals surface area (Å²) in [7, 11) is -3.84. The second-order valence-corrected chi connectivity index (χ2v) is 6.57. The van der Waals surface area contributed by atoms with Crippen molar-refractivity contribution in [2.24, 2.45) is 5.14 Å². The molecule has 0 aliphatic carbocycles. The summed E-state index contributed by atoms with van der Waals surface area (Å²) in [6, 6.07) is 7.99. The molecule has 0 spiro atoms. The molecule has 0 unspecified atom stereocenters. The van der Waals surface area contributed by atoms with Gasteiger partial charge >= 0.3 is 0 Å². The van der Waals surface area contributed by atoms with E-state index in [4.69, 9.17) is 33.1 Å². The van der Waals surface area contributed by atoms with Gasteiger partial charge in [-0.3, -0.25) is 0 Å². The Hall–Kier alpha value is -1.34. The molecule has 0 saturated carbocycles. The Bertz CT molecular complexity index is 781. The Labute approximate surface area is 131 Å². The molecule has 2 N–H and O–H groups in total. The largest absolute Gasteiger partial charge is 0.487 e. The summed E-state index contributed by atoms with van der Waals surface area (Å²) in [5.74, 6) is -0.279. The summed E-state index contributed by atoms with van der Waals surface area (Å²) < 4.78 is 41.3. The molecule has 0 saturated heterocycles. The van der Waals surface area contributed by atoms with Crippen LogP contribution in [0.25, 0.3) is 0 Å². The quantitative estimate of drug-likeness (QED) is 0.919. The fourth-order valence-corrected chi connectivity index (χ4v) is 2.57. The van der Waals surface area contributed by atoms with Crippen LogP contribution in [0.3, 0.4) is 0 Å². The van der Waals surface area contributed by atoms with E-state index in [9.17, 15) is 12.8 Å². The summed E-state index contributed by atoms with van der Waals surface area (Å²) in [5, 5.41) is 5.34. The summed E-state index contributed by atoms with van der Waals surface area (Å²) in [6.45, 7) is -0.0720. The van der Waals surface area contributed by atoms with Gasteiger partial charge in [0.25, 0.3) is 0 Å². The van der Waals surface area contributed by atoms with E-state index in [1.807, 2.05) is 0 Å². The van der Waals surface area contributed by atoms with Crippen LogP contribution in [0.1, 0.15) is 5.56 Å². The van der Waals surface area contributed by atoms with Crippen LogP contribution in [-0.2, 0) is 16.6 Å². The molecule has 0 fully saturated rings. The van der Waals surface area contributed by atoms with Gasteiger partial charge < -0.3 is 4.74 Å². The lowest BCUT2D eigenvalue weighted by Crippen LogP contribution is -2.12. The number of rotatable bonds is 4. The summed E-state index contributed by atoms with van der Waals surface area (Å²) in [6.07, 6.45) is 0. The van der Waals surface area contributed by atoms with Gasteiger partial charge in [0, 0.05) is 10.6 Å². The van der Waals surface area contributed by atoms with Crippen molar-refractivity contribution in [1.29, 1.82) is 0 Å². The number of sulfonamides is 1. The number of hydrogen-bond acceptors (Lipinski definition) is 3. The molecule has 0 aromatic heterocycles. The molecule has 0 aliphatic heterocycles. The number of primary sulfonamides is 1. The highest BCUT2D eigenvalue weighted by Crippen LogP contribution is 2.28. The minimum atomic E-state index is -3.84. The average Bonchev–Trinajstić information content (AvgIpc) is 2.38. The maximum Gasteiger partial charge on any atom is 0.238 e. The highest BCUT2D eigenvalue weighted by atomic mass is 35.5. The van der Waals surface area contributed by atoms with Gasteiger partial charge in [0.2, 0.25) is 10.0 Å². The SMILES string of the molecule is NS(=O)(=O)c1ccc(OCc2ccc(Cl)cc2F)c(Cl)c1. The van der Waals surface area contributed by atoms with Crippen molar-refractivity contribution in [3.63, 3.8) is 0 Å². The number of benzene rings is 2. The van der Waals surface area contributed by atoms with Crippen LogP contribution >= 0.6 is 23.2 Å². The molecule has 0 aliphatic rings. The van der Waals surface area contributed by atoms with Crippen molar-refractivity contribution in [2.45, 2.75) is 11.5 Å². The third-order valence-corrected chi connectivity index (χ3v) is 4.07. The predicted octanol–water partition coefficient (Wildman–Crippen LogP) is 3.36. The van der Waals surface area contributed by atoms with E-state index >= 15 is 0 Å². The molecule has 0 atom stereocenters. The van der Waals surface area contributed by atoms with Crippen LogP contribution in [0.2, 0.25) is 10.0 Å². The molecule has 112 valence electrons. The third kappa shape index (κ3) is 4.07. The Morgan fingerprint density at radius 3 is 2.43 bits per heavy atom. The number of hydrogen-bond donors (Lipinski definition) is 1. The zero-order valence-electron chi connectivity index (χ0n) is 10.5. The molecule has 0 bridgehead atoms. The van der Waals surface area contributed by atoms with Crippen molar-refractivity contribution in [3.05, 3.63) is 57.8 Å². The van der Waals surface area contributed by atoms with Crippen LogP contribution in [0, 0.1) is 5.82 Å². The van der Waals surface area contributed by atoms with E-state index < -0.39 is 15.8 Å². The smallest absolute Gasteiger partial charge is 0.238 e. The minimum Gasteiger partial charge on any atom is -0.487 e. The fourth-order valence-electron chi connectivity index (χ4n) is 1.57. The second kappa shape index (κ2) is 6.19. The normalized spacial score (nSPS) is 11.4. The first-order valence-corrected chi connectivity index (χ1v) is 7.96. The lowest BCUT2D eigenvalue weighted by atomic mass is 10.2. The molecule has 21 heavy (non-hydrogen) atoms. The Kier molecular flexibility index (Phi) is 4.73. The van der Waals surface area contributed by atoms with Gasteiger partial charge in [-0.2, -0.15) is 0 Å². The molecular formula is C13H10Cl2FNO3S. The van der Waals surface area contributed by atoms with E-state index in [0.29, 0.717) is 5.56 Å². The number of nitrogens with two attached hydrogens (primary N) is 1. The van der Waals surface area contributed by atoms with Gasteiger partial charge in [-0.25, -0.2) is 17.9 Å². The molecular weight excluding hydrogens is 340 g/mol. The second-order valence-electron chi connectivity index (χ2n) is 4.16. The monoisotopic (exact) mass is 349 g/mol. The molecule has 2 aromatic carbocycles. The van der Waals surface area contributed by atoms with Crippen molar-refractivity contribution in [3.8, 4) is 5.75 Å². The van der Waals surface area contributed by atoms with E-state index in [-0.39, 0.29) is 27.3 Å². The highest BCUT2D eigenvalue weighted by Gasteiger charge is 2.12. The zero-order valence-corrected chi connectivity index (χ0v) is 12.8. The molecule has 0 radical (unpaired) electrons. The first-order valence-electron chi connectivity index (χ1n) is 5.66. The van der Waals surface area contributed by atoms with E-state index in [2.05, 4.69) is 0 Å². The van der Waals surface area contributed by atoms with Gasteiger partial charge in [0.15, 0.2) is 0 Å². The Morgan fingerprint density at radius 2 is 1.86 bits per heavy atom. The number of ether oxygens (including phenoxy) is 1. The molecule has 8 heteroatoms. The van der Waals surface area contributed by atoms with Crippen molar-refractivity contribution >= 4 is 33.2 Å².